The summed E-state index contributed by atoms with van der Waals surface area (Å²) in [5, 5.41) is 5.34. The molecule has 0 aliphatic carbocycles. The fourth-order valence-electron chi connectivity index (χ4n) is 10.6. The zero-order valence-electron chi connectivity index (χ0n) is 41.9. The molecule has 0 fully saturated rings. The van der Waals surface area contributed by atoms with Crippen LogP contribution in [0.3, 0.4) is 0 Å². The summed E-state index contributed by atoms with van der Waals surface area (Å²) in [6, 6.07) is 91.7. The Hall–Kier alpha value is -10.2. The first-order valence-electron chi connectivity index (χ1n) is 25.7. The highest BCUT2D eigenvalue weighted by atomic mass is 15.2. The minimum absolute atomic E-state index is 0.535. The second kappa shape index (κ2) is 19.7. The van der Waals surface area contributed by atoms with Gasteiger partial charge in [-0.25, -0.2) is 4.98 Å². The second-order valence-electron chi connectivity index (χ2n) is 18.9. The molecular weight excluding hydrogens is 925 g/mol. The molecule has 6 heteroatoms. The van der Waals surface area contributed by atoms with Gasteiger partial charge in [-0.15, -0.1) is 0 Å². The summed E-state index contributed by atoms with van der Waals surface area (Å²) < 4.78 is 4.57. The number of rotatable bonds is 11. The van der Waals surface area contributed by atoms with Gasteiger partial charge in [0, 0.05) is 55.3 Å². The van der Waals surface area contributed by atoms with Crippen LogP contribution in [0.4, 0.5) is 17.1 Å². The summed E-state index contributed by atoms with van der Waals surface area (Å²) in [6.07, 6.45) is 4.39. The Morgan fingerprint density at radius 1 is 0.395 bits per heavy atom. The monoisotopic (exact) mass is 974 g/mol. The maximum atomic E-state index is 5.23. The minimum Gasteiger partial charge on any atom is -0.311 e. The molecule has 0 atom stereocenters. The highest BCUT2D eigenvalue weighted by Gasteiger charge is 2.20. The van der Waals surface area contributed by atoms with Crippen LogP contribution in [-0.2, 0) is 0 Å². The Kier molecular flexibility index (Phi) is 11.8. The normalized spacial score (nSPS) is 12.0. The third-order valence-electron chi connectivity index (χ3n) is 14.3. The fraction of sp³-hybridized carbons (Fsp3) is 0.0143. The number of fused-ring (bicyclic) bond motifs is 4. The van der Waals surface area contributed by atoms with Crippen molar-refractivity contribution in [3.8, 4) is 56.7 Å². The van der Waals surface area contributed by atoms with Crippen LogP contribution in [0.2, 0.25) is 0 Å². The van der Waals surface area contributed by atoms with E-state index in [-0.39, 0.29) is 0 Å². The summed E-state index contributed by atoms with van der Waals surface area (Å²) in [7, 11) is 0. The van der Waals surface area contributed by atoms with Gasteiger partial charge in [-0.2, -0.15) is 9.97 Å². The molecule has 0 aliphatic rings. The van der Waals surface area contributed by atoms with Gasteiger partial charge in [0.2, 0.25) is 5.95 Å². The molecule has 13 aromatic rings. The average Bonchev–Trinajstić information content (AvgIpc) is 4.01. The lowest BCUT2D eigenvalue weighted by molar-refractivity contribution is 0.910. The van der Waals surface area contributed by atoms with E-state index < -0.39 is 0 Å². The number of aromatic nitrogens is 5. The molecule has 3 heterocycles. The SMILES string of the molecule is C=C(/C=c1\c(=C/C)n(-c2nc(-c3ccccc3)nc(-c3ccccc3)n2)c2ccc(-c3ccccc3)cc12)c1ccc2c(c1)c1cc(-c3ccccc3)ccc1n2-c1ccc(N(c2ccccc2)c2ccccc2)cc1. The first kappa shape index (κ1) is 45.7. The van der Waals surface area contributed by atoms with Crippen LogP contribution in [0.25, 0.3) is 107 Å². The van der Waals surface area contributed by atoms with E-state index in [1.54, 1.807) is 0 Å². The molecule has 0 N–H and O–H groups in total. The van der Waals surface area contributed by atoms with Crippen LogP contribution in [0.5, 0.6) is 0 Å². The van der Waals surface area contributed by atoms with E-state index in [1.807, 2.05) is 60.7 Å². The van der Waals surface area contributed by atoms with Gasteiger partial charge in [0.05, 0.1) is 21.9 Å². The van der Waals surface area contributed by atoms with Crippen molar-refractivity contribution in [3.05, 3.63) is 284 Å². The fourth-order valence-corrected chi connectivity index (χ4v) is 10.6. The second-order valence-corrected chi connectivity index (χ2v) is 18.9. The van der Waals surface area contributed by atoms with Gasteiger partial charge in [-0.05, 0) is 131 Å². The first-order valence-corrected chi connectivity index (χ1v) is 25.7. The molecule has 360 valence electrons. The Morgan fingerprint density at radius 2 is 0.816 bits per heavy atom. The number of para-hydroxylation sites is 2. The van der Waals surface area contributed by atoms with E-state index >= 15 is 0 Å². The molecular formula is C70H50N6. The lowest BCUT2D eigenvalue weighted by Gasteiger charge is -2.25. The highest BCUT2D eigenvalue weighted by molar-refractivity contribution is 6.12. The molecule has 0 saturated carbocycles. The van der Waals surface area contributed by atoms with Crippen LogP contribution < -0.4 is 15.5 Å². The third-order valence-corrected chi connectivity index (χ3v) is 14.3. The molecule has 6 nitrogen and oxygen atoms in total. The Balaban J connectivity index is 0.985. The van der Waals surface area contributed by atoms with Gasteiger partial charge >= 0.3 is 0 Å². The van der Waals surface area contributed by atoms with Crippen LogP contribution in [0.1, 0.15) is 12.5 Å². The zero-order chi connectivity index (χ0) is 51.0. The van der Waals surface area contributed by atoms with E-state index in [1.165, 1.54) is 5.56 Å². The van der Waals surface area contributed by atoms with Crippen molar-refractivity contribution < 1.29 is 0 Å². The summed E-state index contributed by atoms with van der Waals surface area (Å²) in [5.41, 5.74) is 15.9. The van der Waals surface area contributed by atoms with Crippen molar-refractivity contribution in [2.45, 2.75) is 6.92 Å². The van der Waals surface area contributed by atoms with Crippen LogP contribution in [0.15, 0.2) is 267 Å². The third kappa shape index (κ3) is 8.44. The smallest absolute Gasteiger partial charge is 0.238 e. The maximum Gasteiger partial charge on any atom is 0.238 e. The van der Waals surface area contributed by atoms with Gasteiger partial charge in [0.25, 0.3) is 0 Å². The van der Waals surface area contributed by atoms with Gasteiger partial charge in [0.1, 0.15) is 0 Å². The molecule has 0 aliphatic heterocycles. The maximum absolute atomic E-state index is 5.23. The van der Waals surface area contributed by atoms with Crippen LogP contribution >= 0.6 is 0 Å². The minimum atomic E-state index is 0.535. The largest absolute Gasteiger partial charge is 0.311 e. The van der Waals surface area contributed by atoms with E-state index in [2.05, 4.69) is 233 Å². The van der Waals surface area contributed by atoms with Crippen molar-refractivity contribution in [2.75, 3.05) is 4.90 Å². The zero-order valence-corrected chi connectivity index (χ0v) is 41.9. The van der Waals surface area contributed by atoms with E-state index in [0.717, 1.165) is 105 Å². The van der Waals surface area contributed by atoms with Crippen molar-refractivity contribution >= 4 is 67.5 Å². The molecule has 10 aromatic carbocycles. The number of benzene rings is 10. The average molecular weight is 975 g/mol. The van der Waals surface area contributed by atoms with Crippen molar-refractivity contribution in [1.82, 2.24) is 24.1 Å². The van der Waals surface area contributed by atoms with Crippen LogP contribution in [0, 0.1) is 0 Å². The summed E-state index contributed by atoms with van der Waals surface area (Å²) in [5.74, 6) is 1.74. The lowest BCUT2D eigenvalue weighted by atomic mass is 9.99. The van der Waals surface area contributed by atoms with E-state index in [4.69, 9.17) is 21.5 Å². The Labute approximate surface area is 441 Å². The Morgan fingerprint density at radius 3 is 1.32 bits per heavy atom. The van der Waals surface area contributed by atoms with Crippen molar-refractivity contribution in [2.24, 2.45) is 0 Å². The number of allylic oxidation sites excluding steroid dienone is 1. The molecule has 0 radical (unpaired) electrons. The Bertz CT molecular complexity index is 4280. The standard InChI is InChI=1S/C70H50N6/c1-3-64-60(62-46-55(50-24-12-5-13-25-50)36-43-67(62)76(64)70-72-68(51-26-14-6-15-27-51)71-69(73-70)52-28-16-7-17-29-52)44-48(2)53-34-41-65-61(45-53)63-47-54(49-22-10-4-11-23-49)35-42-66(63)75(65)59-39-37-58(38-40-59)74(56-30-18-8-19-31-56)57-32-20-9-21-33-57/h3-47H,2H2,1H3/b60-44-,64-3+. The number of hydrogen-bond donors (Lipinski definition) is 0. The van der Waals surface area contributed by atoms with Gasteiger partial charge in [-0.3, -0.25) is 4.57 Å². The lowest BCUT2D eigenvalue weighted by Crippen LogP contribution is -2.29. The predicted molar refractivity (Wildman–Crippen MR) is 317 cm³/mol. The van der Waals surface area contributed by atoms with Crippen molar-refractivity contribution in [3.63, 3.8) is 0 Å². The molecule has 76 heavy (non-hydrogen) atoms. The number of nitrogens with zero attached hydrogens (tertiary/aromatic N) is 6. The number of anilines is 3. The number of hydrogen-bond acceptors (Lipinski definition) is 4. The molecule has 0 saturated heterocycles. The van der Waals surface area contributed by atoms with Crippen LogP contribution in [-0.4, -0.2) is 24.1 Å². The van der Waals surface area contributed by atoms with Gasteiger partial charge < -0.3 is 9.47 Å². The highest BCUT2D eigenvalue weighted by Crippen LogP contribution is 2.39. The molecule has 0 bridgehead atoms. The van der Waals surface area contributed by atoms with Crippen molar-refractivity contribution in [1.29, 1.82) is 0 Å². The van der Waals surface area contributed by atoms with Gasteiger partial charge in [0.15, 0.2) is 11.6 Å². The first-order chi connectivity index (χ1) is 37.6. The van der Waals surface area contributed by atoms with Gasteiger partial charge in [-0.1, -0.05) is 189 Å². The molecule has 0 amide bonds. The molecule has 0 spiro atoms. The summed E-state index contributed by atoms with van der Waals surface area (Å²) >= 11 is 0. The molecule has 0 unspecified atom stereocenters. The summed E-state index contributed by atoms with van der Waals surface area (Å²) in [4.78, 5) is 17.8. The van der Waals surface area contributed by atoms with E-state index in [9.17, 15) is 0 Å². The van der Waals surface area contributed by atoms with E-state index in [0.29, 0.717) is 17.6 Å². The molecule has 13 rings (SSSR count). The summed E-state index contributed by atoms with van der Waals surface area (Å²) in [6.45, 7) is 6.92. The molecule has 3 aromatic heterocycles. The quantitative estimate of drug-likeness (QED) is 0.130. The predicted octanol–water partition coefficient (Wildman–Crippen LogP) is 16.3. The topological polar surface area (TPSA) is 51.8 Å².